The van der Waals surface area contributed by atoms with Crippen LogP contribution in [0.4, 0.5) is 5.69 Å². The van der Waals surface area contributed by atoms with Gasteiger partial charge in [-0.2, -0.15) is 4.31 Å². The normalized spacial score (nSPS) is 17.8. The Labute approximate surface area is 171 Å². The Kier molecular flexibility index (Phi) is 6.87. The van der Waals surface area contributed by atoms with E-state index in [1.165, 1.54) is 4.88 Å². The molecule has 152 valence electrons. The van der Waals surface area contributed by atoms with Crippen LogP contribution in [0.25, 0.3) is 0 Å². The molecule has 8 heteroatoms. The van der Waals surface area contributed by atoms with E-state index < -0.39 is 10.0 Å². The van der Waals surface area contributed by atoms with Crippen LogP contribution in [0.3, 0.4) is 0 Å². The second-order valence-electron chi connectivity index (χ2n) is 7.10. The number of benzene rings is 1. The monoisotopic (exact) mass is 421 g/mol. The third kappa shape index (κ3) is 5.00. The fourth-order valence-electron chi connectivity index (χ4n) is 3.29. The summed E-state index contributed by atoms with van der Waals surface area (Å²) in [7, 11) is -3.46. The fourth-order valence-corrected chi connectivity index (χ4v) is 5.55. The van der Waals surface area contributed by atoms with Crippen molar-refractivity contribution in [1.82, 2.24) is 9.62 Å². The third-order valence-electron chi connectivity index (χ3n) is 4.94. The third-order valence-corrected chi connectivity index (χ3v) is 7.91. The number of hydrogen-bond acceptors (Lipinski definition) is 5. The number of sulfonamides is 1. The lowest BCUT2D eigenvalue weighted by Gasteiger charge is -2.26. The zero-order chi connectivity index (χ0) is 20.1. The van der Waals surface area contributed by atoms with Gasteiger partial charge in [0, 0.05) is 29.7 Å². The molecule has 28 heavy (non-hydrogen) atoms. The average molecular weight is 422 g/mol. The highest BCUT2D eigenvalue weighted by Gasteiger charge is 2.26. The van der Waals surface area contributed by atoms with Crippen LogP contribution < -0.4 is 10.6 Å². The number of thiophene rings is 1. The average Bonchev–Trinajstić information content (AvgIpc) is 3.24. The first-order valence-corrected chi connectivity index (χ1v) is 11.9. The van der Waals surface area contributed by atoms with Crippen molar-refractivity contribution >= 4 is 33.0 Å². The van der Waals surface area contributed by atoms with Crippen LogP contribution in [-0.4, -0.2) is 37.8 Å². The molecule has 0 aliphatic carbocycles. The van der Waals surface area contributed by atoms with Crippen molar-refractivity contribution in [1.29, 1.82) is 0 Å². The van der Waals surface area contributed by atoms with Crippen LogP contribution in [0, 0.1) is 0 Å². The summed E-state index contributed by atoms with van der Waals surface area (Å²) in [5.41, 5.74) is 0.583. The maximum atomic E-state index is 12.7. The quantitative estimate of drug-likeness (QED) is 0.716. The second-order valence-corrected chi connectivity index (χ2v) is 10.0. The molecule has 1 aliphatic rings. The van der Waals surface area contributed by atoms with Crippen molar-refractivity contribution in [2.24, 2.45) is 0 Å². The summed E-state index contributed by atoms with van der Waals surface area (Å²) in [5, 5.41) is 8.13. The zero-order valence-corrected chi connectivity index (χ0v) is 17.9. The molecule has 0 bridgehead atoms. The van der Waals surface area contributed by atoms with Gasteiger partial charge in [-0.25, -0.2) is 8.42 Å². The van der Waals surface area contributed by atoms with Gasteiger partial charge in [-0.05, 0) is 62.4 Å². The summed E-state index contributed by atoms with van der Waals surface area (Å²) in [5.74, 6) is -0.157. The molecule has 6 nitrogen and oxygen atoms in total. The number of nitrogens with zero attached hydrogens (tertiary/aromatic N) is 1. The van der Waals surface area contributed by atoms with Crippen molar-refractivity contribution in [3.8, 4) is 0 Å². The topological polar surface area (TPSA) is 78.5 Å². The largest absolute Gasteiger partial charge is 0.325 e. The molecule has 1 saturated heterocycles. The lowest BCUT2D eigenvalue weighted by Crippen LogP contribution is -2.39. The van der Waals surface area contributed by atoms with Gasteiger partial charge >= 0.3 is 0 Å². The Hall–Kier alpha value is -1.74. The standard InChI is InChI=1S/C20H27N3O3S2/c1-15(19-7-6-14-27-19)21-16(2)20(24)22-17-8-10-18(11-9-17)28(25,26)23-12-4-3-5-13-23/h6-11,14-16,21H,3-5,12-13H2,1-2H3,(H,22,24)/t15-,16-/m0/s1. The Morgan fingerprint density at radius 1 is 1.07 bits per heavy atom. The van der Waals surface area contributed by atoms with Crippen LogP contribution in [0.5, 0.6) is 0 Å². The minimum Gasteiger partial charge on any atom is -0.325 e. The number of carbonyl (C=O) groups excluding carboxylic acids is 1. The second kappa shape index (κ2) is 9.17. The molecular weight excluding hydrogens is 394 g/mol. The van der Waals surface area contributed by atoms with Crippen LogP contribution >= 0.6 is 11.3 Å². The first-order chi connectivity index (χ1) is 13.4. The molecule has 3 rings (SSSR count). The number of rotatable bonds is 7. The molecule has 1 aromatic heterocycles. The predicted molar refractivity (Wildman–Crippen MR) is 113 cm³/mol. The molecule has 0 saturated carbocycles. The van der Waals surface area contributed by atoms with Crippen LogP contribution in [-0.2, 0) is 14.8 Å². The molecule has 1 aliphatic heterocycles. The SMILES string of the molecule is C[C@H](N[C@@H](C)c1cccs1)C(=O)Nc1ccc(S(=O)(=O)N2CCCCC2)cc1. The van der Waals surface area contributed by atoms with E-state index in [4.69, 9.17) is 0 Å². The van der Waals surface area contributed by atoms with Crippen LogP contribution in [0.2, 0.25) is 0 Å². The zero-order valence-electron chi connectivity index (χ0n) is 16.2. The number of hydrogen-bond donors (Lipinski definition) is 2. The van der Waals surface area contributed by atoms with E-state index in [9.17, 15) is 13.2 Å². The molecule has 0 unspecified atom stereocenters. The lowest BCUT2D eigenvalue weighted by molar-refractivity contribution is -0.117. The number of nitrogens with one attached hydrogen (secondary N) is 2. The molecule has 2 heterocycles. The summed E-state index contributed by atoms with van der Waals surface area (Å²) in [6, 6.07) is 10.1. The van der Waals surface area contributed by atoms with E-state index in [1.807, 2.05) is 31.4 Å². The van der Waals surface area contributed by atoms with Gasteiger partial charge in [0.05, 0.1) is 10.9 Å². The molecule has 2 atom stereocenters. The highest BCUT2D eigenvalue weighted by molar-refractivity contribution is 7.89. The molecule has 0 spiro atoms. The Morgan fingerprint density at radius 2 is 1.75 bits per heavy atom. The molecule has 2 N–H and O–H groups in total. The van der Waals surface area contributed by atoms with E-state index in [-0.39, 0.29) is 22.9 Å². The number of amides is 1. The predicted octanol–water partition coefficient (Wildman–Crippen LogP) is 3.60. The number of piperidine rings is 1. The van der Waals surface area contributed by atoms with Gasteiger partial charge < -0.3 is 5.32 Å². The maximum absolute atomic E-state index is 12.7. The maximum Gasteiger partial charge on any atom is 0.243 e. The van der Waals surface area contributed by atoms with Crippen molar-refractivity contribution in [2.45, 2.75) is 50.1 Å². The Morgan fingerprint density at radius 3 is 2.36 bits per heavy atom. The minimum absolute atomic E-state index is 0.0813. The van der Waals surface area contributed by atoms with Gasteiger partial charge in [0.25, 0.3) is 0 Å². The highest BCUT2D eigenvalue weighted by atomic mass is 32.2. The number of anilines is 1. The first kappa shape index (κ1) is 21.0. The smallest absolute Gasteiger partial charge is 0.243 e. The van der Waals surface area contributed by atoms with Crippen molar-refractivity contribution in [2.75, 3.05) is 18.4 Å². The van der Waals surface area contributed by atoms with E-state index in [0.717, 1.165) is 19.3 Å². The molecule has 1 amide bonds. The molecule has 0 radical (unpaired) electrons. The summed E-state index contributed by atoms with van der Waals surface area (Å²) in [6.45, 7) is 4.99. The Bertz CT molecular complexity index is 874. The van der Waals surface area contributed by atoms with Crippen molar-refractivity contribution < 1.29 is 13.2 Å². The molecule has 1 aromatic carbocycles. The lowest BCUT2D eigenvalue weighted by atomic mass is 10.2. The van der Waals surface area contributed by atoms with Crippen molar-refractivity contribution in [3.05, 3.63) is 46.7 Å². The molecule has 2 aromatic rings. The van der Waals surface area contributed by atoms with Gasteiger partial charge in [0.15, 0.2) is 0 Å². The van der Waals surface area contributed by atoms with Gasteiger partial charge in [-0.3, -0.25) is 10.1 Å². The molecule has 1 fully saturated rings. The van der Waals surface area contributed by atoms with Gasteiger partial charge in [0.2, 0.25) is 15.9 Å². The molecular formula is C20H27N3O3S2. The fraction of sp³-hybridized carbons (Fsp3) is 0.450. The summed E-state index contributed by atoms with van der Waals surface area (Å²) in [4.78, 5) is 13.9. The van der Waals surface area contributed by atoms with E-state index in [1.54, 1.807) is 39.9 Å². The summed E-state index contributed by atoms with van der Waals surface area (Å²) >= 11 is 1.65. The summed E-state index contributed by atoms with van der Waals surface area (Å²) < 4.78 is 26.9. The Balaban J connectivity index is 1.59. The van der Waals surface area contributed by atoms with Gasteiger partial charge in [-0.1, -0.05) is 12.5 Å². The van der Waals surface area contributed by atoms with Gasteiger partial charge in [-0.15, -0.1) is 11.3 Å². The first-order valence-electron chi connectivity index (χ1n) is 9.58. The van der Waals surface area contributed by atoms with Crippen LogP contribution in [0.15, 0.2) is 46.7 Å². The highest BCUT2D eigenvalue weighted by Crippen LogP contribution is 2.22. The van der Waals surface area contributed by atoms with E-state index in [0.29, 0.717) is 18.8 Å². The van der Waals surface area contributed by atoms with Gasteiger partial charge in [0.1, 0.15) is 0 Å². The summed E-state index contributed by atoms with van der Waals surface area (Å²) in [6.07, 6.45) is 2.89. The number of carbonyl (C=O) groups is 1. The van der Waals surface area contributed by atoms with Crippen molar-refractivity contribution in [3.63, 3.8) is 0 Å². The van der Waals surface area contributed by atoms with Crippen LogP contribution in [0.1, 0.15) is 44.0 Å². The van der Waals surface area contributed by atoms with E-state index >= 15 is 0 Å². The van der Waals surface area contributed by atoms with E-state index in [2.05, 4.69) is 10.6 Å². The minimum atomic E-state index is -3.46.